The SMILES string of the molecule is COc1ccc2c(c1)C(CCN)NCC2. The van der Waals surface area contributed by atoms with Gasteiger partial charge in [0.1, 0.15) is 5.75 Å². The number of methoxy groups -OCH3 is 1. The van der Waals surface area contributed by atoms with Gasteiger partial charge in [-0.25, -0.2) is 0 Å². The minimum atomic E-state index is 0.397. The molecule has 0 fully saturated rings. The molecule has 3 N–H and O–H groups in total. The molecule has 1 atom stereocenters. The largest absolute Gasteiger partial charge is 0.497 e. The van der Waals surface area contributed by atoms with E-state index in [2.05, 4.69) is 17.4 Å². The van der Waals surface area contributed by atoms with Crippen molar-refractivity contribution in [2.24, 2.45) is 5.73 Å². The van der Waals surface area contributed by atoms with Crippen LogP contribution in [0.3, 0.4) is 0 Å². The van der Waals surface area contributed by atoms with Crippen LogP contribution in [0.4, 0.5) is 0 Å². The molecule has 3 nitrogen and oxygen atoms in total. The monoisotopic (exact) mass is 206 g/mol. The summed E-state index contributed by atoms with van der Waals surface area (Å²) in [5, 5.41) is 3.49. The van der Waals surface area contributed by atoms with Gasteiger partial charge in [-0.2, -0.15) is 0 Å². The number of nitrogens with two attached hydrogens (primary N) is 1. The Labute approximate surface area is 90.6 Å². The van der Waals surface area contributed by atoms with Crippen LogP contribution in [0.2, 0.25) is 0 Å². The zero-order chi connectivity index (χ0) is 10.7. The van der Waals surface area contributed by atoms with Crippen molar-refractivity contribution in [3.8, 4) is 5.75 Å². The van der Waals surface area contributed by atoms with E-state index < -0.39 is 0 Å². The van der Waals surface area contributed by atoms with Crippen LogP contribution in [-0.4, -0.2) is 20.2 Å². The van der Waals surface area contributed by atoms with Crippen LogP contribution in [0.1, 0.15) is 23.6 Å². The predicted octanol–water partition coefficient (Wildman–Crippen LogP) is 1.23. The molecule has 1 aliphatic heterocycles. The van der Waals surface area contributed by atoms with Crippen molar-refractivity contribution in [1.29, 1.82) is 0 Å². The number of fused-ring (bicyclic) bond motifs is 1. The molecular weight excluding hydrogens is 188 g/mol. The molecule has 15 heavy (non-hydrogen) atoms. The van der Waals surface area contributed by atoms with E-state index in [1.807, 2.05) is 6.07 Å². The molecule has 1 heterocycles. The maximum atomic E-state index is 5.62. The fourth-order valence-electron chi connectivity index (χ4n) is 2.17. The molecule has 1 unspecified atom stereocenters. The smallest absolute Gasteiger partial charge is 0.119 e. The second-order valence-corrected chi connectivity index (χ2v) is 3.90. The van der Waals surface area contributed by atoms with Crippen LogP contribution < -0.4 is 15.8 Å². The van der Waals surface area contributed by atoms with Gasteiger partial charge in [-0.1, -0.05) is 6.07 Å². The Morgan fingerprint density at radius 1 is 1.53 bits per heavy atom. The first-order valence-electron chi connectivity index (χ1n) is 5.45. The summed E-state index contributed by atoms with van der Waals surface area (Å²) in [4.78, 5) is 0. The first-order valence-corrected chi connectivity index (χ1v) is 5.45. The van der Waals surface area contributed by atoms with Gasteiger partial charge in [0.2, 0.25) is 0 Å². The van der Waals surface area contributed by atoms with Crippen molar-refractivity contribution < 1.29 is 4.74 Å². The summed E-state index contributed by atoms with van der Waals surface area (Å²) in [5.41, 5.74) is 8.39. The molecule has 2 rings (SSSR count). The molecule has 1 aromatic rings. The molecule has 82 valence electrons. The summed E-state index contributed by atoms with van der Waals surface area (Å²) in [6.07, 6.45) is 2.08. The van der Waals surface area contributed by atoms with Gasteiger partial charge in [-0.3, -0.25) is 0 Å². The summed E-state index contributed by atoms with van der Waals surface area (Å²) in [6, 6.07) is 6.72. The zero-order valence-corrected chi connectivity index (χ0v) is 9.12. The van der Waals surface area contributed by atoms with Gasteiger partial charge in [0.05, 0.1) is 7.11 Å². The van der Waals surface area contributed by atoms with Gasteiger partial charge >= 0.3 is 0 Å². The highest BCUT2D eigenvalue weighted by Crippen LogP contribution is 2.28. The Balaban J connectivity index is 2.30. The van der Waals surface area contributed by atoms with Gasteiger partial charge in [0, 0.05) is 6.04 Å². The normalized spacial score (nSPS) is 19.7. The number of ether oxygens (including phenoxy) is 1. The van der Waals surface area contributed by atoms with Gasteiger partial charge in [-0.05, 0) is 49.2 Å². The lowest BCUT2D eigenvalue weighted by Crippen LogP contribution is -2.31. The minimum absolute atomic E-state index is 0.397. The molecule has 0 saturated carbocycles. The van der Waals surface area contributed by atoms with E-state index >= 15 is 0 Å². The van der Waals surface area contributed by atoms with E-state index in [4.69, 9.17) is 10.5 Å². The maximum absolute atomic E-state index is 5.62. The van der Waals surface area contributed by atoms with E-state index in [1.54, 1.807) is 7.11 Å². The van der Waals surface area contributed by atoms with Crippen LogP contribution >= 0.6 is 0 Å². The summed E-state index contributed by atoms with van der Waals surface area (Å²) in [7, 11) is 1.70. The average molecular weight is 206 g/mol. The van der Waals surface area contributed by atoms with Gasteiger partial charge in [0.15, 0.2) is 0 Å². The van der Waals surface area contributed by atoms with Crippen molar-refractivity contribution in [3.63, 3.8) is 0 Å². The van der Waals surface area contributed by atoms with Crippen LogP contribution in [-0.2, 0) is 6.42 Å². The Hall–Kier alpha value is -1.06. The van der Waals surface area contributed by atoms with Crippen LogP contribution in [0.15, 0.2) is 18.2 Å². The lowest BCUT2D eigenvalue weighted by Gasteiger charge is -2.27. The highest BCUT2D eigenvalue weighted by Gasteiger charge is 2.19. The molecule has 0 aromatic heterocycles. The summed E-state index contributed by atoms with van der Waals surface area (Å²) < 4.78 is 5.25. The lowest BCUT2D eigenvalue weighted by atomic mass is 9.92. The fraction of sp³-hybridized carbons (Fsp3) is 0.500. The molecule has 0 spiro atoms. The topological polar surface area (TPSA) is 47.3 Å². The Morgan fingerprint density at radius 2 is 2.40 bits per heavy atom. The zero-order valence-electron chi connectivity index (χ0n) is 9.12. The highest BCUT2D eigenvalue weighted by atomic mass is 16.5. The van der Waals surface area contributed by atoms with Crippen LogP contribution in [0.5, 0.6) is 5.75 Å². The summed E-state index contributed by atoms with van der Waals surface area (Å²) >= 11 is 0. The molecule has 0 amide bonds. The standard InChI is InChI=1S/C12H18N2O/c1-15-10-3-2-9-5-7-14-12(4-6-13)11(9)8-10/h2-3,8,12,14H,4-7,13H2,1H3. The molecule has 0 bridgehead atoms. The summed E-state index contributed by atoms with van der Waals surface area (Å²) in [5.74, 6) is 0.930. The Morgan fingerprint density at radius 3 is 3.13 bits per heavy atom. The second kappa shape index (κ2) is 4.64. The lowest BCUT2D eigenvalue weighted by molar-refractivity contribution is 0.410. The number of nitrogens with one attached hydrogen (secondary N) is 1. The average Bonchev–Trinajstić information content (AvgIpc) is 2.29. The van der Waals surface area contributed by atoms with Gasteiger partial charge in [-0.15, -0.1) is 0 Å². The van der Waals surface area contributed by atoms with Crippen molar-refractivity contribution in [2.45, 2.75) is 18.9 Å². The molecule has 1 aromatic carbocycles. The van der Waals surface area contributed by atoms with Crippen molar-refractivity contribution >= 4 is 0 Å². The number of hydrogen-bond acceptors (Lipinski definition) is 3. The third kappa shape index (κ3) is 2.13. The molecule has 0 radical (unpaired) electrons. The predicted molar refractivity (Wildman–Crippen MR) is 61.1 cm³/mol. The second-order valence-electron chi connectivity index (χ2n) is 3.90. The van der Waals surface area contributed by atoms with E-state index in [9.17, 15) is 0 Å². The molecule has 0 saturated heterocycles. The van der Waals surface area contributed by atoms with E-state index in [1.165, 1.54) is 11.1 Å². The van der Waals surface area contributed by atoms with Crippen molar-refractivity contribution in [3.05, 3.63) is 29.3 Å². The third-order valence-corrected chi connectivity index (χ3v) is 2.97. The van der Waals surface area contributed by atoms with E-state index in [-0.39, 0.29) is 0 Å². The number of rotatable bonds is 3. The Kier molecular flexibility index (Phi) is 3.23. The quantitative estimate of drug-likeness (QED) is 0.782. The first-order chi connectivity index (χ1) is 7.35. The number of hydrogen-bond donors (Lipinski definition) is 2. The van der Waals surface area contributed by atoms with Crippen molar-refractivity contribution in [1.82, 2.24) is 5.32 Å². The van der Waals surface area contributed by atoms with E-state index in [0.29, 0.717) is 12.6 Å². The molecular formula is C12H18N2O. The van der Waals surface area contributed by atoms with Gasteiger partial charge in [0.25, 0.3) is 0 Å². The molecule has 0 aliphatic carbocycles. The molecule has 3 heteroatoms. The maximum Gasteiger partial charge on any atom is 0.119 e. The van der Waals surface area contributed by atoms with Crippen molar-refractivity contribution in [2.75, 3.05) is 20.2 Å². The Bertz CT molecular complexity index is 338. The van der Waals surface area contributed by atoms with E-state index in [0.717, 1.165) is 25.1 Å². The third-order valence-electron chi connectivity index (χ3n) is 2.97. The summed E-state index contributed by atoms with van der Waals surface area (Å²) in [6.45, 7) is 1.76. The first kappa shape index (κ1) is 10.5. The van der Waals surface area contributed by atoms with Crippen LogP contribution in [0, 0.1) is 0 Å². The highest BCUT2D eigenvalue weighted by molar-refractivity contribution is 5.39. The van der Waals surface area contributed by atoms with Gasteiger partial charge < -0.3 is 15.8 Å². The fourth-order valence-corrected chi connectivity index (χ4v) is 2.17. The minimum Gasteiger partial charge on any atom is -0.497 e. The molecule has 1 aliphatic rings. The number of benzene rings is 1. The van der Waals surface area contributed by atoms with Crippen LogP contribution in [0.25, 0.3) is 0 Å².